The maximum Gasteiger partial charge on any atom is 0.246 e. The third-order valence-electron chi connectivity index (χ3n) is 5.51. The molecule has 0 unspecified atom stereocenters. The van der Waals surface area contributed by atoms with Gasteiger partial charge in [0.2, 0.25) is 5.91 Å². The van der Waals surface area contributed by atoms with Crippen LogP contribution in [0.1, 0.15) is 22.7 Å². The van der Waals surface area contributed by atoms with Crippen molar-refractivity contribution in [1.82, 2.24) is 15.1 Å². The zero-order valence-electron chi connectivity index (χ0n) is 18.7. The van der Waals surface area contributed by atoms with Crippen molar-refractivity contribution < 1.29 is 4.79 Å². The fraction of sp³-hybridized carbons (Fsp3) is 0.148. The molecule has 6 nitrogen and oxygen atoms in total. The largest absolute Gasteiger partial charge is 0.323 e. The Labute approximate surface area is 203 Å². The van der Waals surface area contributed by atoms with Crippen molar-refractivity contribution >= 4 is 23.2 Å². The number of nitrogens with zero attached hydrogens (tertiary/aromatic N) is 3. The normalized spacial score (nSPS) is 11.6. The Morgan fingerprint density at radius 3 is 2.50 bits per heavy atom. The molecule has 0 bridgehead atoms. The third-order valence-corrected chi connectivity index (χ3v) is 5.82. The molecule has 1 amide bonds. The summed E-state index contributed by atoms with van der Waals surface area (Å²) < 4.78 is 1.73. The van der Waals surface area contributed by atoms with Crippen LogP contribution in [-0.4, -0.2) is 22.2 Å². The molecule has 1 atom stereocenters. The van der Waals surface area contributed by atoms with E-state index >= 15 is 0 Å². The van der Waals surface area contributed by atoms with Gasteiger partial charge in [0.05, 0.1) is 28.5 Å². The van der Waals surface area contributed by atoms with Crippen LogP contribution in [0.2, 0.25) is 5.02 Å². The van der Waals surface area contributed by atoms with E-state index in [2.05, 4.69) is 21.8 Å². The lowest BCUT2D eigenvalue weighted by Gasteiger charge is -2.20. The standard InChI is InChI=1S/C27H24ClN5O/c1-33-18-23(17-31-33)22-11-12-25(24(28)15-22)32-27(34)26(21-5-3-2-4-6-21)30-14-13-19-7-9-20(16-29)10-8-19/h2-12,15,17-18,26,30H,13-14H2,1H3,(H,32,34)/t26-/m0/s1. The number of hydrogen-bond acceptors (Lipinski definition) is 4. The molecule has 0 aliphatic heterocycles. The summed E-state index contributed by atoms with van der Waals surface area (Å²) in [6, 6.07) is 24.2. The lowest BCUT2D eigenvalue weighted by Crippen LogP contribution is -2.34. The number of carbonyl (C=O) groups excluding carboxylic acids is 1. The number of anilines is 1. The van der Waals surface area contributed by atoms with Gasteiger partial charge in [0.1, 0.15) is 6.04 Å². The average molecular weight is 470 g/mol. The van der Waals surface area contributed by atoms with Crippen molar-refractivity contribution in [2.24, 2.45) is 7.05 Å². The number of rotatable bonds is 8. The monoisotopic (exact) mass is 469 g/mol. The molecule has 170 valence electrons. The van der Waals surface area contributed by atoms with Gasteiger partial charge in [-0.1, -0.05) is 60.1 Å². The second kappa shape index (κ2) is 10.8. The van der Waals surface area contributed by atoms with E-state index in [1.165, 1.54) is 0 Å². The number of hydrogen-bond donors (Lipinski definition) is 2. The third kappa shape index (κ3) is 5.70. The zero-order chi connectivity index (χ0) is 23.9. The van der Waals surface area contributed by atoms with Gasteiger partial charge in [0.25, 0.3) is 0 Å². The molecule has 0 radical (unpaired) electrons. The van der Waals surface area contributed by atoms with Crippen LogP contribution in [0.15, 0.2) is 85.2 Å². The van der Waals surface area contributed by atoms with E-state index in [1.807, 2.05) is 67.8 Å². The Bertz CT molecular complexity index is 1310. The Balaban J connectivity index is 1.46. The summed E-state index contributed by atoms with van der Waals surface area (Å²) in [6.45, 7) is 0.590. The van der Waals surface area contributed by atoms with Crippen molar-refractivity contribution in [2.75, 3.05) is 11.9 Å². The number of aromatic nitrogens is 2. The summed E-state index contributed by atoms with van der Waals surface area (Å²) in [6.07, 6.45) is 4.41. The first-order valence-electron chi connectivity index (χ1n) is 10.9. The highest BCUT2D eigenvalue weighted by atomic mass is 35.5. The number of nitrogens with one attached hydrogen (secondary N) is 2. The van der Waals surface area contributed by atoms with Crippen LogP contribution in [0.3, 0.4) is 0 Å². The van der Waals surface area contributed by atoms with Crippen LogP contribution >= 0.6 is 11.6 Å². The average Bonchev–Trinajstić information content (AvgIpc) is 3.30. The first-order chi connectivity index (χ1) is 16.5. The minimum absolute atomic E-state index is 0.193. The molecule has 34 heavy (non-hydrogen) atoms. The highest BCUT2D eigenvalue weighted by Crippen LogP contribution is 2.29. The lowest BCUT2D eigenvalue weighted by molar-refractivity contribution is -0.118. The van der Waals surface area contributed by atoms with E-state index in [9.17, 15) is 4.79 Å². The van der Waals surface area contributed by atoms with Crippen LogP contribution < -0.4 is 10.6 Å². The second-order valence-corrected chi connectivity index (χ2v) is 8.35. The molecule has 7 heteroatoms. The summed E-state index contributed by atoms with van der Waals surface area (Å²) in [4.78, 5) is 13.3. The van der Waals surface area contributed by atoms with Crippen molar-refractivity contribution in [3.63, 3.8) is 0 Å². The molecule has 0 saturated carbocycles. The van der Waals surface area contributed by atoms with Gasteiger partial charge in [0, 0.05) is 25.4 Å². The quantitative estimate of drug-likeness (QED) is 0.375. The number of halogens is 1. The van der Waals surface area contributed by atoms with E-state index in [1.54, 1.807) is 29.1 Å². The molecule has 0 fully saturated rings. The van der Waals surface area contributed by atoms with Crippen molar-refractivity contribution in [2.45, 2.75) is 12.5 Å². The number of carbonyl (C=O) groups is 1. The van der Waals surface area contributed by atoms with Gasteiger partial charge in [-0.05, 0) is 47.4 Å². The van der Waals surface area contributed by atoms with Gasteiger partial charge in [-0.3, -0.25) is 9.48 Å². The van der Waals surface area contributed by atoms with E-state index < -0.39 is 6.04 Å². The smallest absolute Gasteiger partial charge is 0.246 e. The second-order valence-electron chi connectivity index (χ2n) is 7.94. The SMILES string of the molecule is Cn1cc(-c2ccc(NC(=O)[C@@H](NCCc3ccc(C#N)cc3)c3ccccc3)c(Cl)c2)cn1. The van der Waals surface area contributed by atoms with Crippen LogP contribution in [0, 0.1) is 11.3 Å². The van der Waals surface area contributed by atoms with Gasteiger partial charge >= 0.3 is 0 Å². The Morgan fingerprint density at radius 1 is 1.09 bits per heavy atom. The number of nitriles is 1. The molecule has 1 aromatic heterocycles. The number of amides is 1. The molecule has 0 aliphatic carbocycles. The van der Waals surface area contributed by atoms with Gasteiger partial charge in [0.15, 0.2) is 0 Å². The summed E-state index contributed by atoms with van der Waals surface area (Å²) in [7, 11) is 1.86. The highest BCUT2D eigenvalue weighted by Gasteiger charge is 2.21. The summed E-state index contributed by atoms with van der Waals surface area (Å²) >= 11 is 6.50. The first kappa shape index (κ1) is 23.2. The van der Waals surface area contributed by atoms with Crippen LogP contribution in [0.5, 0.6) is 0 Å². The highest BCUT2D eigenvalue weighted by molar-refractivity contribution is 6.34. The molecule has 2 N–H and O–H groups in total. The predicted octanol–water partition coefficient (Wildman–Crippen LogP) is 5.12. The van der Waals surface area contributed by atoms with Crippen LogP contribution in [0.25, 0.3) is 11.1 Å². The Kier molecular flexibility index (Phi) is 7.38. The Hall–Kier alpha value is -3.92. The predicted molar refractivity (Wildman–Crippen MR) is 134 cm³/mol. The Morgan fingerprint density at radius 2 is 1.85 bits per heavy atom. The van der Waals surface area contributed by atoms with Crippen molar-refractivity contribution in [1.29, 1.82) is 5.26 Å². The van der Waals surface area contributed by atoms with Crippen molar-refractivity contribution in [3.05, 3.63) is 107 Å². The topological polar surface area (TPSA) is 82.7 Å². The number of benzene rings is 3. The molecule has 0 aliphatic rings. The van der Waals surface area contributed by atoms with Crippen LogP contribution in [0.4, 0.5) is 5.69 Å². The van der Waals surface area contributed by atoms with Gasteiger partial charge < -0.3 is 10.6 Å². The van der Waals surface area contributed by atoms with E-state index in [4.69, 9.17) is 16.9 Å². The minimum Gasteiger partial charge on any atom is -0.323 e. The van der Waals surface area contributed by atoms with Crippen LogP contribution in [-0.2, 0) is 18.3 Å². The fourth-order valence-electron chi connectivity index (χ4n) is 3.69. The number of aryl methyl sites for hydroxylation is 1. The van der Waals surface area contributed by atoms with E-state index in [-0.39, 0.29) is 5.91 Å². The lowest BCUT2D eigenvalue weighted by atomic mass is 10.0. The zero-order valence-corrected chi connectivity index (χ0v) is 19.5. The summed E-state index contributed by atoms with van der Waals surface area (Å²) in [5.74, 6) is -0.193. The van der Waals surface area contributed by atoms with Crippen molar-refractivity contribution in [3.8, 4) is 17.2 Å². The molecule has 1 heterocycles. The van der Waals surface area contributed by atoms with Gasteiger partial charge in [-0.15, -0.1) is 0 Å². The first-order valence-corrected chi connectivity index (χ1v) is 11.3. The summed E-state index contributed by atoms with van der Waals surface area (Å²) in [5.41, 5.74) is 5.01. The molecule has 0 spiro atoms. The molecule has 0 saturated heterocycles. The van der Waals surface area contributed by atoms with E-state index in [0.29, 0.717) is 22.8 Å². The maximum absolute atomic E-state index is 13.3. The molecule has 4 aromatic rings. The molecular weight excluding hydrogens is 446 g/mol. The molecule has 3 aromatic carbocycles. The maximum atomic E-state index is 13.3. The van der Waals surface area contributed by atoms with Gasteiger partial charge in [-0.2, -0.15) is 10.4 Å². The molecular formula is C27H24ClN5O. The molecule has 4 rings (SSSR count). The fourth-order valence-corrected chi connectivity index (χ4v) is 3.91. The summed E-state index contributed by atoms with van der Waals surface area (Å²) in [5, 5.41) is 19.9. The minimum atomic E-state index is -0.548. The van der Waals surface area contributed by atoms with E-state index in [0.717, 1.165) is 28.7 Å². The van der Waals surface area contributed by atoms with Gasteiger partial charge in [-0.25, -0.2) is 0 Å².